The number of amides is 2. The Kier molecular flexibility index (Phi) is 9.18. The third kappa shape index (κ3) is 7.80. The van der Waals surface area contributed by atoms with Crippen LogP contribution in [0.1, 0.15) is 11.1 Å². The van der Waals surface area contributed by atoms with Crippen LogP contribution in [0.2, 0.25) is 15.1 Å². The first-order chi connectivity index (χ1) is 17.9. The van der Waals surface area contributed by atoms with Gasteiger partial charge in [0.15, 0.2) is 0 Å². The van der Waals surface area contributed by atoms with Gasteiger partial charge in [0, 0.05) is 39.9 Å². The Labute approximate surface area is 231 Å². The molecule has 4 aromatic rings. The topological polar surface area (TPSA) is 50.8 Å². The maximum absolute atomic E-state index is 13.4. The highest BCUT2D eigenvalue weighted by Gasteiger charge is 2.16. The second-order valence-corrected chi connectivity index (χ2v) is 9.55. The summed E-state index contributed by atoms with van der Waals surface area (Å²) in [7, 11) is 1.59. The minimum atomic E-state index is -0.248. The maximum atomic E-state index is 13.4. The van der Waals surface area contributed by atoms with E-state index in [-0.39, 0.29) is 6.03 Å². The zero-order valence-corrected chi connectivity index (χ0v) is 22.4. The van der Waals surface area contributed by atoms with Crippen molar-refractivity contribution in [2.45, 2.75) is 13.0 Å². The molecule has 0 unspecified atom stereocenters. The number of halogens is 3. The van der Waals surface area contributed by atoms with Crippen LogP contribution in [-0.4, -0.2) is 24.6 Å². The van der Waals surface area contributed by atoms with Crippen LogP contribution in [0.25, 0.3) is 0 Å². The third-order valence-corrected chi connectivity index (χ3v) is 6.43. The number of hydrogen-bond donors (Lipinski definition) is 1. The highest BCUT2D eigenvalue weighted by molar-refractivity contribution is 6.35. The van der Waals surface area contributed by atoms with E-state index in [9.17, 15) is 4.79 Å². The van der Waals surface area contributed by atoms with Crippen LogP contribution in [0.4, 0.5) is 10.5 Å². The Hall–Kier alpha value is -3.38. The molecule has 37 heavy (non-hydrogen) atoms. The van der Waals surface area contributed by atoms with Gasteiger partial charge in [-0.25, -0.2) is 4.79 Å². The molecule has 2 amide bonds. The molecule has 5 nitrogen and oxygen atoms in total. The van der Waals surface area contributed by atoms with Gasteiger partial charge in [-0.05, 0) is 78.2 Å². The smallest absolute Gasteiger partial charge is 0.322 e. The summed E-state index contributed by atoms with van der Waals surface area (Å²) >= 11 is 18.4. The van der Waals surface area contributed by atoms with Gasteiger partial charge in [0.05, 0.1) is 7.11 Å². The second kappa shape index (κ2) is 12.7. The Morgan fingerprint density at radius 3 is 2.30 bits per heavy atom. The average molecular weight is 556 g/mol. The van der Waals surface area contributed by atoms with E-state index >= 15 is 0 Å². The minimum Gasteiger partial charge on any atom is -0.497 e. The van der Waals surface area contributed by atoms with Gasteiger partial charge >= 0.3 is 6.03 Å². The van der Waals surface area contributed by atoms with E-state index in [1.807, 2.05) is 48.5 Å². The number of urea groups is 1. The molecule has 1 N–H and O–H groups in total. The van der Waals surface area contributed by atoms with Crippen LogP contribution in [0.3, 0.4) is 0 Å². The molecule has 0 radical (unpaired) electrons. The first-order valence-corrected chi connectivity index (χ1v) is 12.7. The van der Waals surface area contributed by atoms with E-state index in [2.05, 4.69) is 5.32 Å². The lowest BCUT2D eigenvalue weighted by Gasteiger charge is -2.24. The van der Waals surface area contributed by atoms with Crippen LogP contribution in [0, 0.1) is 0 Å². The molecule has 0 aliphatic rings. The molecule has 8 heteroatoms. The minimum absolute atomic E-state index is 0.248. The lowest BCUT2D eigenvalue weighted by molar-refractivity contribution is 0.209. The molecule has 4 rings (SSSR count). The summed E-state index contributed by atoms with van der Waals surface area (Å²) in [4.78, 5) is 15.1. The fourth-order valence-electron chi connectivity index (χ4n) is 3.70. The van der Waals surface area contributed by atoms with Crippen molar-refractivity contribution in [2.75, 3.05) is 19.0 Å². The van der Waals surface area contributed by atoms with Crippen molar-refractivity contribution in [3.63, 3.8) is 0 Å². The predicted octanol–water partition coefficient (Wildman–Crippen LogP) is 8.72. The lowest BCUT2D eigenvalue weighted by atomic mass is 10.1. The van der Waals surface area contributed by atoms with Crippen molar-refractivity contribution in [1.82, 2.24) is 4.90 Å². The Balaban J connectivity index is 1.52. The second-order valence-electron chi connectivity index (χ2n) is 8.27. The van der Waals surface area contributed by atoms with Crippen molar-refractivity contribution >= 4 is 46.5 Å². The van der Waals surface area contributed by atoms with Crippen molar-refractivity contribution in [3.05, 3.63) is 117 Å². The monoisotopic (exact) mass is 554 g/mol. The van der Waals surface area contributed by atoms with Gasteiger partial charge in [0.1, 0.15) is 17.2 Å². The van der Waals surface area contributed by atoms with Crippen molar-refractivity contribution in [3.8, 4) is 17.2 Å². The number of hydrogen-bond acceptors (Lipinski definition) is 3. The van der Waals surface area contributed by atoms with E-state index in [0.717, 1.165) is 11.1 Å². The molecule has 0 fully saturated rings. The first kappa shape index (κ1) is 26.7. The summed E-state index contributed by atoms with van der Waals surface area (Å²) in [5, 5.41) is 4.74. The normalized spacial score (nSPS) is 10.6. The number of anilines is 1. The van der Waals surface area contributed by atoms with Crippen LogP contribution < -0.4 is 14.8 Å². The number of rotatable bonds is 9. The quantitative estimate of drug-likeness (QED) is 0.225. The summed E-state index contributed by atoms with van der Waals surface area (Å²) in [5.41, 5.74) is 2.46. The molecule has 0 spiro atoms. The van der Waals surface area contributed by atoms with Gasteiger partial charge in [0.2, 0.25) is 0 Å². The standard InChI is InChI=1S/C29H25Cl3N2O3/c1-36-26-6-3-5-24(18-26)33-29(35)34(15-14-21-8-9-23(31)17-28(21)32)19-20-4-2-7-27(16-20)37-25-12-10-22(30)11-13-25/h2-13,16-18H,14-15,19H2,1H3,(H,33,35). The summed E-state index contributed by atoms with van der Waals surface area (Å²) < 4.78 is 11.2. The summed E-state index contributed by atoms with van der Waals surface area (Å²) in [6.07, 6.45) is 0.558. The maximum Gasteiger partial charge on any atom is 0.322 e. The highest BCUT2D eigenvalue weighted by atomic mass is 35.5. The molecule has 190 valence electrons. The SMILES string of the molecule is COc1cccc(NC(=O)N(CCc2ccc(Cl)cc2Cl)Cc2cccc(Oc3ccc(Cl)cc3)c2)c1. The number of carbonyl (C=O) groups is 1. The number of methoxy groups -OCH3 is 1. The average Bonchev–Trinajstić information content (AvgIpc) is 2.89. The fraction of sp³-hybridized carbons (Fsp3) is 0.138. The van der Waals surface area contributed by atoms with Crippen LogP contribution in [0.5, 0.6) is 17.2 Å². The molecule has 4 aromatic carbocycles. The van der Waals surface area contributed by atoms with E-state index in [1.165, 1.54) is 0 Å². The molecule has 0 atom stereocenters. The first-order valence-electron chi connectivity index (χ1n) is 11.6. The largest absolute Gasteiger partial charge is 0.497 e. The van der Waals surface area contributed by atoms with E-state index in [1.54, 1.807) is 54.5 Å². The summed E-state index contributed by atoms with van der Waals surface area (Å²) in [5.74, 6) is 1.99. The summed E-state index contributed by atoms with van der Waals surface area (Å²) in [6.45, 7) is 0.790. The van der Waals surface area contributed by atoms with E-state index < -0.39 is 0 Å². The Morgan fingerprint density at radius 2 is 1.54 bits per heavy atom. The van der Waals surface area contributed by atoms with Gasteiger partial charge in [-0.15, -0.1) is 0 Å². The third-order valence-electron chi connectivity index (χ3n) is 5.60. The van der Waals surface area contributed by atoms with Crippen LogP contribution in [-0.2, 0) is 13.0 Å². The molecule has 0 heterocycles. The molecular formula is C29H25Cl3N2O3. The molecule has 0 bridgehead atoms. The van der Waals surface area contributed by atoms with Crippen molar-refractivity contribution < 1.29 is 14.3 Å². The van der Waals surface area contributed by atoms with Gasteiger partial charge in [-0.1, -0.05) is 59.1 Å². The van der Waals surface area contributed by atoms with Crippen molar-refractivity contribution in [1.29, 1.82) is 0 Å². The molecule has 0 aliphatic heterocycles. The molecule has 0 saturated heterocycles. The number of ether oxygens (including phenoxy) is 2. The number of nitrogens with zero attached hydrogens (tertiary/aromatic N) is 1. The summed E-state index contributed by atoms with van der Waals surface area (Å²) in [6, 6.07) is 27.1. The van der Waals surface area contributed by atoms with Crippen LogP contribution >= 0.6 is 34.8 Å². The van der Waals surface area contributed by atoms with E-state index in [0.29, 0.717) is 57.5 Å². The predicted molar refractivity (Wildman–Crippen MR) is 151 cm³/mol. The number of nitrogens with one attached hydrogen (secondary N) is 1. The fourth-order valence-corrected chi connectivity index (χ4v) is 4.33. The van der Waals surface area contributed by atoms with Gasteiger partial charge in [-0.3, -0.25) is 0 Å². The zero-order valence-electron chi connectivity index (χ0n) is 20.1. The Morgan fingerprint density at radius 1 is 0.811 bits per heavy atom. The van der Waals surface area contributed by atoms with Gasteiger partial charge in [-0.2, -0.15) is 0 Å². The lowest BCUT2D eigenvalue weighted by Crippen LogP contribution is -2.36. The molecule has 0 aliphatic carbocycles. The molecular weight excluding hydrogens is 531 g/mol. The molecule has 0 aromatic heterocycles. The number of benzene rings is 4. The van der Waals surface area contributed by atoms with Gasteiger partial charge < -0.3 is 19.7 Å². The number of carbonyl (C=O) groups excluding carboxylic acids is 1. The molecule has 0 saturated carbocycles. The van der Waals surface area contributed by atoms with E-state index in [4.69, 9.17) is 44.3 Å². The van der Waals surface area contributed by atoms with Crippen LogP contribution in [0.15, 0.2) is 91.0 Å². The van der Waals surface area contributed by atoms with Gasteiger partial charge in [0.25, 0.3) is 0 Å². The Bertz CT molecular complexity index is 1360. The van der Waals surface area contributed by atoms with Crippen molar-refractivity contribution in [2.24, 2.45) is 0 Å². The highest BCUT2D eigenvalue weighted by Crippen LogP contribution is 2.26. The zero-order chi connectivity index (χ0) is 26.2.